The molecule has 0 aromatic heterocycles. The maximum atomic E-state index is 12.8. The van der Waals surface area contributed by atoms with Gasteiger partial charge in [-0.1, -0.05) is 74.2 Å². The van der Waals surface area contributed by atoms with Crippen LogP contribution in [0.5, 0.6) is 11.5 Å². The lowest BCUT2D eigenvalue weighted by molar-refractivity contribution is -0.151. The van der Waals surface area contributed by atoms with Gasteiger partial charge < -0.3 is 23.7 Å². The smallest absolute Gasteiger partial charge is 0.333 e. The third kappa shape index (κ3) is 12.6. The van der Waals surface area contributed by atoms with E-state index in [1.54, 1.807) is 30.3 Å². The van der Waals surface area contributed by atoms with Crippen LogP contribution >= 0.6 is 0 Å². The van der Waals surface area contributed by atoms with E-state index in [4.69, 9.17) is 23.7 Å². The molecule has 0 unspecified atom stereocenters. The molecule has 49 heavy (non-hydrogen) atoms. The highest BCUT2D eigenvalue weighted by Crippen LogP contribution is 2.24. The Hall–Kier alpha value is -5.44. The third-order valence-corrected chi connectivity index (χ3v) is 7.71. The van der Waals surface area contributed by atoms with Crippen LogP contribution < -0.4 is 9.47 Å². The fourth-order valence-corrected chi connectivity index (χ4v) is 5.05. The van der Waals surface area contributed by atoms with Gasteiger partial charge in [0.05, 0.1) is 19.6 Å². The van der Waals surface area contributed by atoms with Gasteiger partial charge in [0.15, 0.2) is 5.78 Å². The Morgan fingerprint density at radius 2 is 1.33 bits per heavy atom. The number of benzene rings is 3. The maximum absolute atomic E-state index is 12.8. The topological polar surface area (TPSA) is 114 Å². The molecule has 3 aromatic carbocycles. The van der Waals surface area contributed by atoms with Crippen molar-refractivity contribution < 1.29 is 42.9 Å². The number of rotatable bonds is 18. The van der Waals surface area contributed by atoms with Crippen molar-refractivity contribution in [1.82, 2.24) is 0 Å². The predicted octanol–water partition coefficient (Wildman–Crippen LogP) is 7.49. The van der Waals surface area contributed by atoms with E-state index < -0.39 is 17.9 Å². The minimum absolute atomic E-state index is 0.0612. The summed E-state index contributed by atoms with van der Waals surface area (Å²) in [5.41, 5.74) is 3.42. The highest BCUT2D eigenvalue weighted by molar-refractivity contribution is 6.07. The van der Waals surface area contributed by atoms with Crippen molar-refractivity contribution in [1.29, 1.82) is 0 Å². The lowest BCUT2D eigenvalue weighted by atomic mass is 9.98. The van der Waals surface area contributed by atoms with E-state index in [1.807, 2.05) is 48.5 Å². The van der Waals surface area contributed by atoms with Crippen molar-refractivity contribution >= 4 is 29.8 Å². The summed E-state index contributed by atoms with van der Waals surface area (Å²) in [5.74, 6) is -0.354. The van der Waals surface area contributed by atoms with Gasteiger partial charge in [-0.3, -0.25) is 9.59 Å². The summed E-state index contributed by atoms with van der Waals surface area (Å²) in [6, 6.07) is 22.2. The van der Waals surface area contributed by atoms with Crippen LogP contribution in [0.15, 0.2) is 104 Å². The maximum Gasteiger partial charge on any atom is 0.333 e. The predicted molar refractivity (Wildman–Crippen MR) is 186 cm³/mol. The fraction of sp³-hybridized carbons (Fsp3) is 0.300. The Balaban J connectivity index is 1.13. The van der Waals surface area contributed by atoms with Crippen LogP contribution in [0.2, 0.25) is 0 Å². The summed E-state index contributed by atoms with van der Waals surface area (Å²) >= 11 is 0. The van der Waals surface area contributed by atoms with Gasteiger partial charge in [0.1, 0.15) is 30.8 Å². The first kappa shape index (κ1) is 36.4. The first-order chi connectivity index (χ1) is 23.8. The van der Waals surface area contributed by atoms with E-state index in [0.717, 1.165) is 54.9 Å². The van der Waals surface area contributed by atoms with Crippen LogP contribution in [-0.2, 0) is 28.6 Å². The highest BCUT2D eigenvalue weighted by Gasteiger charge is 2.20. The van der Waals surface area contributed by atoms with Crippen LogP contribution in [0.1, 0.15) is 60.9 Å². The van der Waals surface area contributed by atoms with Crippen molar-refractivity contribution in [2.24, 2.45) is 0 Å². The number of ketones is 1. The average molecular weight is 667 g/mol. The number of ether oxygens (including phenoxy) is 5. The standard InChI is InChI=1S/C40H42O9/c1-3-38(42)47-27-26-46-35-21-17-32(18-22-35)31-13-15-33(16-14-31)37(41)23-12-30-10-19-34(20-11-30)45-24-7-25-48-40(44)29(2)28-39(43)49-36-8-5-4-6-9-36/h3,10-23,36H,1-2,4-9,24-28H2/b23-12+. The Bertz CT molecular complexity index is 1600. The zero-order valence-electron chi connectivity index (χ0n) is 27.6. The van der Waals surface area contributed by atoms with E-state index >= 15 is 0 Å². The second-order valence-electron chi connectivity index (χ2n) is 11.5. The highest BCUT2D eigenvalue weighted by atomic mass is 16.6. The molecule has 1 aliphatic carbocycles. The van der Waals surface area contributed by atoms with Gasteiger partial charge in [-0.25, -0.2) is 9.59 Å². The summed E-state index contributed by atoms with van der Waals surface area (Å²) in [5, 5.41) is 0. The minimum Gasteiger partial charge on any atom is -0.493 e. The van der Waals surface area contributed by atoms with E-state index in [2.05, 4.69) is 13.2 Å². The summed E-state index contributed by atoms with van der Waals surface area (Å²) in [6.07, 6.45) is 9.64. The fourth-order valence-electron chi connectivity index (χ4n) is 5.05. The van der Waals surface area contributed by atoms with Gasteiger partial charge in [0.25, 0.3) is 0 Å². The minimum atomic E-state index is -0.609. The molecule has 0 saturated heterocycles. The van der Waals surface area contributed by atoms with Crippen LogP contribution in [0.4, 0.5) is 0 Å². The Morgan fingerprint density at radius 1 is 0.714 bits per heavy atom. The van der Waals surface area contributed by atoms with Crippen molar-refractivity contribution in [3.8, 4) is 22.6 Å². The van der Waals surface area contributed by atoms with E-state index in [-0.39, 0.29) is 43.7 Å². The average Bonchev–Trinajstić information content (AvgIpc) is 3.13. The molecule has 1 fully saturated rings. The molecule has 0 atom stereocenters. The van der Waals surface area contributed by atoms with Crippen molar-refractivity contribution in [2.75, 3.05) is 26.4 Å². The van der Waals surface area contributed by atoms with Gasteiger partial charge in [0.2, 0.25) is 0 Å². The number of carbonyl (C=O) groups excluding carboxylic acids is 4. The van der Waals surface area contributed by atoms with Gasteiger partial charge in [-0.15, -0.1) is 0 Å². The van der Waals surface area contributed by atoms with Crippen LogP contribution in [-0.4, -0.2) is 56.2 Å². The van der Waals surface area contributed by atoms with Crippen molar-refractivity contribution in [2.45, 2.75) is 51.0 Å². The molecule has 1 aliphatic rings. The lowest BCUT2D eigenvalue weighted by Gasteiger charge is -2.21. The summed E-state index contributed by atoms with van der Waals surface area (Å²) in [4.78, 5) is 48.1. The van der Waals surface area contributed by atoms with Crippen molar-refractivity contribution in [3.63, 3.8) is 0 Å². The molecule has 1 saturated carbocycles. The Labute approximate surface area is 287 Å². The molecular weight excluding hydrogens is 624 g/mol. The second kappa shape index (κ2) is 19.4. The van der Waals surface area contributed by atoms with Crippen molar-refractivity contribution in [3.05, 3.63) is 115 Å². The molecular formula is C40H42O9. The summed E-state index contributed by atoms with van der Waals surface area (Å²) < 4.78 is 26.8. The van der Waals surface area contributed by atoms with E-state index in [1.165, 1.54) is 6.08 Å². The van der Waals surface area contributed by atoms with Gasteiger partial charge >= 0.3 is 17.9 Å². The quantitative estimate of drug-likeness (QED) is 0.0448. The number of hydrogen-bond acceptors (Lipinski definition) is 9. The molecule has 0 spiro atoms. The third-order valence-electron chi connectivity index (χ3n) is 7.71. The Morgan fingerprint density at radius 3 is 1.98 bits per heavy atom. The normalized spacial score (nSPS) is 12.9. The first-order valence-corrected chi connectivity index (χ1v) is 16.4. The molecule has 4 rings (SSSR count). The molecule has 9 nitrogen and oxygen atoms in total. The van der Waals surface area contributed by atoms with Crippen LogP contribution in [0.3, 0.4) is 0 Å². The van der Waals surface area contributed by atoms with Crippen LogP contribution in [0.25, 0.3) is 17.2 Å². The van der Waals surface area contributed by atoms with Crippen LogP contribution in [0, 0.1) is 0 Å². The van der Waals surface area contributed by atoms with E-state index in [0.29, 0.717) is 30.1 Å². The second-order valence-corrected chi connectivity index (χ2v) is 11.5. The van der Waals surface area contributed by atoms with Gasteiger partial charge in [0, 0.05) is 23.6 Å². The summed E-state index contributed by atoms with van der Waals surface area (Å²) in [6.45, 7) is 7.86. The van der Waals surface area contributed by atoms with Gasteiger partial charge in [-0.2, -0.15) is 0 Å². The largest absolute Gasteiger partial charge is 0.493 e. The molecule has 0 aliphatic heterocycles. The molecule has 256 valence electrons. The van der Waals surface area contributed by atoms with E-state index in [9.17, 15) is 19.2 Å². The lowest BCUT2D eigenvalue weighted by Crippen LogP contribution is -2.22. The molecule has 3 aromatic rings. The first-order valence-electron chi connectivity index (χ1n) is 16.4. The number of allylic oxidation sites excluding steroid dienone is 1. The molecule has 0 amide bonds. The number of hydrogen-bond donors (Lipinski definition) is 0. The molecule has 0 N–H and O–H groups in total. The molecule has 0 bridgehead atoms. The summed E-state index contributed by atoms with van der Waals surface area (Å²) in [7, 11) is 0. The molecule has 0 radical (unpaired) electrons. The number of esters is 3. The molecule has 0 heterocycles. The molecule has 9 heteroatoms. The zero-order valence-corrected chi connectivity index (χ0v) is 27.6. The Kier molecular flexibility index (Phi) is 14.4. The monoisotopic (exact) mass is 666 g/mol. The number of carbonyl (C=O) groups is 4. The van der Waals surface area contributed by atoms with Gasteiger partial charge in [-0.05, 0) is 72.7 Å². The zero-order chi connectivity index (χ0) is 34.8. The SMILES string of the molecule is C=CC(=O)OCCOc1ccc(-c2ccc(C(=O)/C=C/c3ccc(OCCCOC(=O)C(=C)CC(=O)OC4CCCCC4)cc3)cc2)cc1.